The first-order valence-corrected chi connectivity index (χ1v) is 7.48. The fourth-order valence-electron chi connectivity index (χ4n) is 3.13. The summed E-state index contributed by atoms with van der Waals surface area (Å²) in [5.41, 5.74) is 3.37. The van der Waals surface area contributed by atoms with E-state index in [1.165, 1.54) is 16.7 Å². The minimum absolute atomic E-state index is 0.307. The zero-order valence-electron chi connectivity index (χ0n) is 12.4. The molecule has 0 heteroatoms. The van der Waals surface area contributed by atoms with Crippen molar-refractivity contribution < 1.29 is 0 Å². The summed E-state index contributed by atoms with van der Waals surface area (Å²) in [6.45, 7) is 0. The van der Waals surface area contributed by atoms with Crippen molar-refractivity contribution in [1.82, 2.24) is 0 Å². The van der Waals surface area contributed by atoms with Crippen LogP contribution in [0.2, 0.25) is 0 Å². The summed E-state index contributed by atoms with van der Waals surface area (Å²) in [6, 6.07) is 31.6. The molecule has 3 aromatic rings. The van der Waals surface area contributed by atoms with Gasteiger partial charge in [-0.25, -0.2) is 0 Å². The van der Waals surface area contributed by atoms with Crippen molar-refractivity contribution in [3.63, 3.8) is 0 Å². The van der Waals surface area contributed by atoms with Gasteiger partial charge in [0, 0.05) is 6.42 Å². The first-order chi connectivity index (χ1) is 10.9. The van der Waals surface area contributed by atoms with Gasteiger partial charge in [0.05, 0.1) is 5.41 Å². The predicted octanol–water partition coefficient (Wildman–Crippen LogP) is 5.04. The fourth-order valence-corrected chi connectivity index (χ4v) is 3.13. The lowest BCUT2D eigenvalue weighted by Gasteiger charge is -2.34. The summed E-state index contributed by atoms with van der Waals surface area (Å²) >= 11 is 0. The van der Waals surface area contributed by atoms with Gasteiger partial charge in [0.1, 0.15) is 0 Å². The van der Waals surface area contributed by atoms with E-state index in [4.69, 9.17) is 6.42 Å². The van der Waals surface area contributed by atoms with Gasteiger partial charge in [0.15, 0.2) is 0 Å². The number of terminal acetylenes is 1. The Labute approximate surface area is 132 Å². The molecule has 0 saturated carbocycles. The summed E-state index contributed by atoms with van der Waals surface area (Å²) in [7, 11) is 0. The fraction of sp³-hybridized carbons (Fsp3) is 0.0909. The highest BCUT2D eigenvalue weighted by atomic mass is 14.4. The smallest absolute Gasteiger partial charge is 0.0560 e. The molecule has 0 aliphatic rings. The molecular formula is C22H18. The molecule has 0 spiro atoms. The van der Waals surface area contributed by atoms with Crippen molar-refractivity contribution in [3.05, 3.63) is 108 Å². The molecule has 0 unspecified atom stereocenters. The van der Waals surface area contributed by atoms with Crippen LogP contribution in [0, 0.1) is 12.3 Å². The van der Waals surface area contributed by atoms with E-state index in [1.54, 1.807) is 0 Å². The maximum Gasteiger partial charge on any atom is 0.0560 e. The van der Waals surface area contributed by atoms with Gasteiger partial charge in [-0.1, -0.05) is 91.0 Å². The van der Waals surface area contributed by atoms with E-state index in [9.17, 15) is 0 Å². The quantitative estimate of drug-likeness (QED) is 0.464. The Bertz CT molecular complexity index is 653. The van der Waals surface area contributed by atoms with Gasteiger partial charge in [0.25, 0.3) is 0 Å². The van der Waals surface area contributed by atoms with Crippen LogP contribution < -0.4 is 0 Å². The van der Waals surface area contributed by atoms with Gasteiger partial charge in [-0.3, -0.25) is 0 Å². The van der Waals surface area contributed by atoms with Gasteiger partial charge in [-0.05, 0) is 16.7 Å². The molecule has 0 fully saturated rings. The third-order valence-corrected chi connectivity index (χ3v) is 4.17. The van der Waals surface area contributed by atoms with Crippen molar-refractivity contribution in [2.45, 2.75) is 11.8 Å². The highest BCUT2D eigenvalue weighted by Gasteiger charge is 2.35. The lowest BCUT2D eigenvalue weighted by Crippen LogP contribution is -2.28. The standard InChI is InChI=1S/C22H18/c1-2-18-22(19-12-6-3-7-13-19,20-14-8-4-9-15-20)21-16-10-5-11-17-21/h1,3-17H,18H2. The second-order valence-corrected chi connectivity index (χ2v) is 5.38. The van der Waals surface area contributed by atoms with E-state index < -0.39 is 0 Å². The summed E-state index contributed by atoms with van der Waals surface area (Å²) in [6.07, 6.45) is 6.41. The molecule has 0 aliphatic heterocycles. The molecule has 0 N–H and O–H groups in total. The molecule has 0 atom stereocenters. The summed E-state index contributed by atoms with van der Waals surface area (Å²) < 4.78 is 0. The Morgan fingerprint density at radius 2 is 0.909 bits per heavy atom. The molecule has 0 saturated heterocycles. The second kappa shape index (κ2) is 6.33. The van der Waals surface area contributed by atoms with E-state index in [1.807, 2.05) is 18.2 Å². The van der Waals surface area contributed by atoms with Gasteiger partial charge < -0.3 is 0 Å². The van der Waals surface area contributed by atoms with Crippen LogP contribution in [0.1, 0.15) is 23.1 Å². The van der Waals surface area contributed by atoms with Crippen LogP contribution in [0.4, 0.5) is 0 Å². The zero-order chi connectivity index (χ0) is 15.3. The van der Waals surface area contributed by atoms with Crippen LogP contribution in [0.3, 0.4) is 0 Å². The van der Waals surface area contributed by atoms with E-state index in [-0.39, 0.29) is 5.41 Å². The number of hydrogen-bond acceptors (Lipinski definition) is 0. The van der Waals surface area contributed by atoms with Crippen LogP contribution in [0.5, 0.6) is 0 Å². The third-order valence-electron chi connectivity index (χ3n) is 4.17. The highest BCUT2D eigenvalue weighted by Crippen LogP contribution is 2.41. The van der Waals surface area contributed by atoms with Crippen LogP contribution in [-0.2, 0) is 5.41 Å². The lowest BCUT2D eigenvalue weighted by molar-refractivity contribution is 0.638. The normalized spacial score (nSPS) is 10.9. The van der Waals surface area contributed by atoms with E-state index >= 15 is 0 Å². The zero-order valence-corrected chi connectivity index (χ0v) is 12.4. The Balaban J connectivity index is 2.32. The Morgan fingerprint density at radius 1 is 0.591 bits per heavy atom. The Hall–Kier alpha value is -2.78. The number of benzene rings is 3. The molecule has 0 aromatic heterocycles. The number of hydrogen-bond donors (Lipinski definition) is 0. The molecule has 0 bridgehead atoms. The monoisotopic (exact) mass is 282 g/mol. The largest absolute Gasteiger partial charge is 0.120 e. The maximum atomic E-state index is 5.78. The highest BCUT2D eigenvalue weighted by molar-refractivity contribution is 5.51. The van der Waals surface area contributed by atoms with Crippen molar-refractivity contribution in [2.24, 2.45) is 0 Å². The van der Waals surface area contributed by atoms with Crippen molar-refractivity contribution in [3.8, 4) is 12.3 Å². The topological polar surface area (TPSA) is 0 Å². The van der Waals surface area contributed by atoms with Crippen LogP contribution >= 0.6 is 0 Å². The molecular weight excluding hydrogens is 264 g/mol. The van der Waals surface area contributed by atoms with Crippen molar-refractivity contribution in [2.75, 3.05) is 0 Å². The molecule has 106 valence electrons. The molecule has 0 amide bonds. The summed E-state index contributed by atoms with van der Waals surface area (Å²) in [4.78, 5) is 0. The van der Waals surface area contributed by atoms with Crippen molar-refractivity contribution in [1.29, 1.82) is 0 Å². The van der Waals surface area contributed by atoms with Crippen LogP contribution in [0.25, 0.3) is 0 Å². The summed E-state index contributed by atoms with van der Waals surface area (Å²) in [5, 5.41) is 0. The molecule has 0 nitrogen and oxygen atoms in total. The second-order valence-electron chi connectivity index (χ2n) is 5.38. The predicted molar refractivity (Wildman–Crippen MR) is 92.7 cm³/mol. The van der Waals surface area contributed by atoms with Gasteiger partial charge in [-0.2, -0.15) is 0 Å². The molecule has 3 aromatic carbocycles. The summed E-state index contributed by atoms with van der Waals surface area (Å²) in [5.74, 6) is 2.90. The van der Waals surface area contributed by atoms with E-state index in [0.29, 0.717) is 6.42 Å². The lowest BCUT2D eigenvalue weighted by atomic mass is 9.67. The minimum Gasteiger partial charge on any atom is -0.120 e. The van der Waals surface area contributed by atoms with Gasteiger partial charge in [-0.15, -0.1) is 12.3 Å². The van der Waals surface area contributed by atoms with Crippen LogP contribution in [-0.4, -0.2) is 0 Å². The average molecular weight is 282 g/mol. The first-order valence-electron chi connectivity index (χ1n) is 7.48. The van der Waals surface area contributed by atoms with Crippen LogP contribution in [0.15, 0.2) is 91.0 Å². The molecule has 0 radical (unpaired) electrons. The van der Waals surface area contributed by atoms with E-state index in [2.05, 4.69) is 78.7 Å². The SMILES string of the molecule is C#CCC(c1ccccc1)(c1ccccc1)c1ccccc1. The van der Waals surface area contributed by atoms with Gasteiger partial charge in [0.2, 0.25) is 0 Å². The molecule has 22 heavy (non-hydrogen) atoms. The first kappa shape index (κ1) is 14.2. The molecule has 0 heterocycles. The minimum atomic E-state index is -0.307. The van der Waals surface area contributed by atoms with Gasteiger partial charge >= 0.3 is 0 Å². The third kappa shape index (κ3) is 2.43. The Morgan fingerprint density at radius 3 is 1.18 bits per heavy atom. The maximum absolute atomic E-state index is 5.78. The number of rotatable bonds is 4. The Kier molecular flexibility index (Phi) is 4.08. The molecule has 0 aliphatic carbocycles. The van der Waals surface area contributed by atoms with Crippen molar-refractivity contribution >= 4 is 0 Å². The van der Waals surface area contributed by atoms with E-state index in [0.717, 1.165) is 0 Å². The average Bonchev–Trinajstić information content (AvgIpc) is 2.62. The molecule has 3 rings (SSSR count).